The Morgan fingerprint density at radius 3 is 2.70 bits per heavy atom. The SMILES string of the molecule is CCCCCCC(C)Nc1ccc(C(N)=S)c(Br)c1F. The summed E-state index contributed by atoms with van der Waals surface area (Å²) in [5.74, 6) is -0.337. The second-order valence-corrected chi connectivity index (χ2v) is 6.28. The van der Waals surface area contributed by atoms with Crippen LogP contribution in [0.2, 0.25) is 0 Å². The van der Waals surface area contributed by atoms with E-state index in [0.717, 1.165) is 12.8 Å². The Morgan fingerprint density at radius 1 is 1.40 bits per heavy atom. The van der Waals surface area contributed by atoms with Gasteiger partial charge in [-0.2, -0.15) is 0 Å². The summed E-state index contributed by atoms with van der Waals surface area (Å²) >= 11 is 8.10. The van der Waals surface area contributed by atoms with Gasteiger partial charge in [0.15, 0.2) is 5.82 Å². The predicted octanol–water partition coefficient (Wildman–Crippen LogP) is 4.99. The Bertz CT molecular complexity index is 465. The number of hydrogen-bond donors (Lipinski definition) is 2. The normalized spacial score (nSPS) is 12.2. The topological polar surface area (TPSA) is 38.0 Å². The number of anilines is 1. The third-order valence-electron chi connectivity index (χ3n) is 3.24. The molecule has 1 aromatic carbocycles. The van der Waals surface area contributed by atoms with E-state index in [1.54, 1.807) is 12.1 Å². The molecule has 1 aromatic rings. The first kappa shape index (κ1) is 17.4. The summed E-state index contributed by atoms with van der Waals surface area (Å²) in [6.45, 7) is 4.26. The third kappa shape index (κ3) is 5.02. The van der Waals surface area contributed by atoms with E-state index in [0.29, 0.717) is 15.7 Å². The van der Waals surface area contributed by atoms with Crippen LogP contribution in [-0.4, -0.2) is 11.0 Å². The maximum Gasteiger partial charge on any atom is 0.161 e. The van der Waals surface area contributed by atoms with Crippen LogP contribution in [0, 0.1) is 5.82 Å². The molecular weight excluding hydrogens is 339 g/mol. The van der Waals surface area contributed by atoms with Crippen molar-refractivity contribution >= 4 is 38.8 Å². The summed E-state index contributed by atoms with van der Waals surface area (Å²) in [5, 5.41) is 3.20. The molecule has 0 fully saturated rings. The minimum Gasteiger partial charge on any atom is -0.389 e. The van der Waals surface area contributed by atoms with Gasteiger partial charge in [0.2, 0.25) is 0 Å². The number of hydrogen-bond acceptors (Lipinski definition) is 2. The summed E-state index contributed by atoms with van der Waals surface area (Å²) in [5.41, 5.74) is 6.56. The lowest BCUT2D eigenvalue weighted by molar-refractivity contribution is 0.584. The summed E-state index contributed by atoms with van der Waals surface area (Å²) in [4.78, 5) is 0.190. The van der Waals surface area contributed by atoms with Crippen LogP contribution in [0.25, 0.3) is 0 Å². The van der Waals surface area contributed by atoms with Gasteiger partial charge in [0.25, 0.3) is 0 Å². The van der Waals surface area contributed by atoms with Gasteiger partial charge >= 0.3 is 0 Å². The monoisotopic (exact) mass is 360 g/mol. The minimum atomic E-state index is -0.337. The molecule has 5 heteroatoms. The molecule has 20 heavy (non-hydrogen) atoms. The van der Waals surface area contributed by atoms with Crippen molar-refractivity contribution in [1.82, 2.24) is 0 Å². The van der Waals surface area contributed by atoms with Crippen LogP contribution in [0.4, 0.5) is 10.1 Å². The van der Waals surface area contributed by atoms with Crippen LogP contribution in [-0.2, 0) is 0 Å². The zero-order valence-corrected chi connectivity index (χ0v) is 14.4. The second-order valence-electron chi connectivity index (χ2n) is 5.05. The highest BCUT2D eigenvalue weighted by Crippen LogP contribution is 2.27. The maximum atomic E-state index is 14.2. The number of halogens is 2. The van der Waals surface area contributed by atoms with Crippen molar-refractivity contribution in [1.29, 1.82) is 0 Å². The molecule has 0 aromatic heterocycles. The predicted molar refractivity (Wildman–Crippen MR) is 91.8 cm³/mol. The van der Waals surface area contributed by atoms with Gasteiger partial charge in [-0.15, -0.1) is 0 Å². The van der Waals surface area contributed by atoms with Crippen LogP contribution in [0.3, 0.4) is 0 Å². The van der Waals surface area contributed by atoms with E-state index in [-0.39, 0.29) is 16.8 Å². The van der Waals surface area contributed by atoms with Crippen LogP contribution < -0.4 is 11.1 Å². The molecule has 0 amide bonds. The third-order valence-corrected chi connectivity index (χ3v) is 4.24. The molecule has 0 aliphatic carbocycles. The Morgan fingerprint density at radius 2 is 2.10 bits per heavy atom. The van der Waals surface area contributed by atoms with E-state index in [1.165, 1.54) is 19.3 Å². The lowest BCUT2D eigenvalue weighted by Crippen LogP contribution is -2.17. The van der Waals surface area contributed by atoms with E-state index in [2.05, 4.69) is 35.1 Å². The molecule has 2 nitrogen and oxygen atoms in total. The molecule has 0 bridgehead atoms. The van der Waals surface area contributed by atoms with Crippen LogP contribution in [0.5, 0.6) is 0 Å². The van der Waals surface area contributed by atoms with E-state index >= 15 is 0 Å². The quantitative estimate of drug-likeness (QED) is 0.506. The Kier molecular flexibility index (Phi) is 7.45. The van der Waals surface area contributed by atoms with Crippen LogP contribution in [0.15, 0.2) is 16.6 Å². The van der Waals surface area contributed by atoms with Crippen molar-refractivity contribution in [3.63, 3.8) is 0 Å². The van der Waals surface area contributed by atoms with Gasteiger partial charge in [0.05, 0.1) is 10.2 Å². The molecule has 1 unspecified atom stereocenters. The molecule has 112 valence electrons. The molecule has 0 saturated heterocycles. The van der Waals surface area contributed by atoms with Crippen molar-refractivity contribution in [2.24, 2.45) is 5.73 Å². The summed E-state index contributed by atoms with van der Waals surface area (Å²) in [7, 11) is 0. The number of nitrogens with one attached hydrogen (secondary N) is 1. The number of rotatable bonds is 8. The maximum absolute atomic E-state index is 14.2. The standard InChI is InChI=1S/C15H22BrFN2S/c1-3-4-5-6-7-10(2)19-12-9-8-11(15(18)20)13(16)14(12)17/h8-10,19H,3-7H2,1-2H3,(H2,18,20). The van der Waals surface area contributed by atoms with E-state index in [4.69, 9.17) is 18.0 Å². The van der Waals surface area contributed by atoms with Gasteiger partial charge in [-0.25, -0.2) is 4.39 Å². The highest BCUT2D eigenvalue weighted by atomic mass is 79.9. The number of nitrogens with two attached hydrogens (primary N) is 1. The van der Waals surface area contributed by atoms with Crippen molar-refractivity contribution in [2.75, 3.05) is 5.32 Å². The number of unbranched alkanes of at least 4 members (excludes halogenated alkanes) is 3. The lowest BCUT2D eigenvalue weighted by atomic mass is 10.1. The van der Waals surface area contributed by atoms with Crippen LogP contribution >= 0.6 is 28.1 Å². The van der Waals surface area contributed by atoms with Crippen molar-refractivity contribution in [3.05, 3.63) is 28.0 Å². The summed E-state index contributed by atoms with van der Waals surface area (Å²) in [6.07, 6.45) is 5.91. The molecule has 0 saturated carbocycles. The average Bonchev–Trinajstić information content (AvgIpc) is 2.40. The van der Waals surface area contributed by atoms with Gasteiger partial charge in [-0.1, -0.05) is 44.8 Å². The van der Waals surface area contributed by atoms with Gasteiger partial charge < -0.3 is 11.1 Å². The fourth-order valence-electron chi connectivity index (χ4n) is 2.07. The first-order valence-corrected chi connectivity index (χ1v) is 8.21. The van der Waals surface area contributed by atoms with Gasteiger partial charge in [-0.05, 0) is 41.4 Å². The summed E-state index contributed by atoms with van der Waals surface area (Å²) in [6, 6.07) is 3.67. The van der Waals surface area contributed by atoms with Gasteiger partial charge in [0.1, 0.15) is 4.99 Å². The van der Waals surface area contributed by atoms with Gasteiger partial charge in [-0.3, -0.25) is 0 Å². The fourth-order valence-corrected chi connectivity index (χ4v) is 2.93. The zero-order chi connectivity index (χ0) is 15.1. The van der Waals surface area contributed by atoms with Crippen molar-refractivity contribution in [3.8, 4) is 0 Å². The molecule has 0 radical (unpaired) electrons. The van der Waals surface area contributed by atoms with Crippen molar-refractivity contribution in [2.45, 2.75) is 52.0 Å². The molecule has 1 rings (SSSR count). The van der Waals surface area contributed by atoms with E-state index < -0.39 is 0 Å². The van der Waals surface area contributed by atoms with Crippen molar-refractivity contribution < 1.29 is 4.39 Å². The molecule has 1 atom stereocenters. The second kappa shape index (κ2) is 8.57. The minimum absolute atomic E-state index is 0.190. The number of thiocarbonyl (C=S) groups is 1. The Balaban J connectivity index is 2.64. The largest absolute Gasteiger partial charge is 0.389 e. The molecule has 0 heterocycles. The average molecular weight is 361 g/mol. The zero-order valence-electron chi connectivity index (χ0n) is 12.0. The highest BCUT2D eigenvalue weighted by molar-refractivity contribution is 9.10. The fraction of sp³-hybridized carbons (Fsp3) is 0.533. The van der Waals surface area contributed by atoms with E-state index in [9.17, 15) is 4.39 Å². The first-order valence-electron chi connectivity index (χ1n) is 7.01. The smallest absolute Gasteiger partial charge is 0.161 e. The Labute approximate surface area is 134 Å². The first-order chi connectivity index (χ1) is 9.47. The lowest BCUT2D eigenvalue weighted by Gasteiger charge is -2.17. The Hall–Kier alpha value is -0.680. The molecule has 0 aliphatic heterocycles. The van der Waals surface area contributed by atoms with Gasteiger partial charge in [0, 0.05) is 11.6 Å². The van der Waals surface area contributed by atoms with E-state index in [1.807, 2.05) is 0 Å². The summed E-state index contributed by atoms with van der Waals surface area (Å²) < 4.78 is 14.5. The molecule has 3 N–H and O–H groups in total. The number of benzene rings is 1. The van der Waals surface area contributed by atoms with Crippen LogP contribution in [0.1, 0.15) is 51.5 Å². The molecule has 0 spiro atoms. The molecular formula is C15H22BrFN2S. The highest BCUT2D eigenvalue weighted by Gasteiger charge is 2.14. The molecule has 0 aliphatic rings.